The van der Waals surface area contributed by atoms with Crippen LogP contribution in [0, 0.1) is 0 Å². The number of hydrogen-bond acceptors (Lipinski definition) is 3. The summed E-state index contributed by atoms with van der Waals surface area (Å²) < 4.78 is 0. The first-order valence-electron chi connectivity index (χ1n) is 2.36. The molecule has 0 aliphatic heterocycles. The molecule has 0 atom stereocenters. The molecule has 1 aromatic rings. The van der Waals surface area contributed by atoms with E-state index in [1.54, 1.807) is 0 Å². The maximum atomic E-state index is 10.4. The second-order valence-electron chi connectivity index (χ2n) is 1.53. The highest BCUT2D eigenvalue weighted by Gasteiger charge is 2.03. The molecule has 0 spiro atoms. The molecule has 10 heavy (non-hydrogen) atoms. The van der Waals surface area contributed by atoms with Crippen LogP contribution in [0.15, 0.2) is 4.79 Å². The van der Waals surface area contributed by atoms with E-state index in [9.17, 15) is 14.4 Å². The zero-order chi connectivity index (χ0) is 7.56. The highest BCUT2D eigenvalue weighted by molar-refractivity contribution is 5.66. The van der Waals surface area contributed by atoms with Crippen LogP contribution in [0.1, 0.15) is 0 Å². The number of hydrogen-bond donors (Lipinski definition) is 0. The Morgan fingerprint density at radius 2 is 1.30 bits per heavy atom. The third kappa shape index (κ3) is 0.808. The van der Waals surface area contributed by atoms with Crippen LogP contribution in [0.25, 0.3) is 11.5 Å². The molecule has 0 amide bonds. The highest BCUT2D eigenvalue weighted by atomic mass is 16.1. The Kier molecular flexibility index (Phi) is 1.35. The van der Waals surface area contributed by atoms with Gasteiger partial charge in [-0.2, -0.15) is 0 Å². The molecule has 0 aliphatic carbocycles. The van der Waals surface area contributed by atoms with E-state index in [-0.39, 0.29) is 15.9 Å². The van der Waals surface area contributed by atoms with Gasteiger partial charge in [-0.25, -0.2) is 9.59 Å². The molecule has 0 N–H and O–H groups in total. The molecule has 0 saturated carbocycles. The third-order valence-electron chi connectivity index (χ3n) is 0.994. The van der Waals surface area contributed by atoms with Crippen molar-refractivity contribution in [3.8, 4) is 0 Å². The Bertz CT molecular complexity index is 445. The van der Waals surface area contributed by atoms with Crippen LogP contribution >= 0.6 is 0 Å². The normalized spacial score (nSPS) is 7.60. The van der Waals surface area contributed by atoms with Crippen molar-refractivity contribution < 1.29 is 9.59 Å². The van der Waals surface area contributed by atoms with Crippen LogP contribution in [0.3, 0.4) is 0 Å². The van der Waals surface area contributed by atoms with Crippen molar-refractivity contribution >= 4 is 23.3 Å². The molecule has 3 heteroatoms. The molecule has 0 fully saturated rings. The van der Waals surface area contributed by atoms with Gasteiger partial charge in [0.1, 0.15) is 0 Å². The third-order valence-corrected chi connectivity index (χ3v) is 0.994. The van der Waals surface area contributed by atoms with Crippen molar-refractivity contribution in [3.63, 3.8) is 0 Å². The standard InChI is InChI=1S/C7O3/c8-3-1-5-6(2-4-9)7(5)10. The second kappa shape index (κ2) is 2.16. The Balaban J connectivity index is 3.91. The summed E-state index contributed by atoms with van der Waals surface area (Å²) in [4.78, 5) is 29.6. The lowest BCUT2D eigenvalue weighted by Crippen LogP contribution is -1.91. The minimum absolute atomic E-state index is 0.0818. The maximum absolute atomic E-state index is 10.4. The van der Waals surface area contributed by atoms with Gasteiger partial charge in [0.25, 0.3) is 0 Å². The molecule has 0 unspecified atom stereocenters. The summed E-state index contributed by atoms with van der Waals surface area (Å²) in [6.07, 6.45) is 0. The molecular formula is C7O3. The molecule has 0 saturated heterocycles. The average molecular weight is 132 g/mol. The van der Waals surface area contributed by atoms with Gasteiger partial charge < -0.3 is 0 Å². The quantitative estimate of drug-likeness (QED) is 0.365. The lowest BCUT2D eigenvalue weighted by molar-refractivity contribution is 0.569. The van der Waals surface area contributed by atoms with Crippen molar-refractivity contribution in [3.05, 3.63) is 20.7 Å². The Hall–Kier alpha value is -1.87. The van der Waals surface area contributed by atoms with E-state index >= 15 is 0 Å². The first-order valence-corrected chi connectivity index (χ1v) is 2.36. The van der Waals surface area contributed by atoms with Crippen LogP contribution < -0.4 is 15.9 Å². The Morgan fingerprint density at radius 3 is 1.60 bits per heavy atom. The Morgan fingerprint density at radius 1 is 0.900 bits per heavy atom. The van der Waals surface area contributed by atoms with Crippen LogP contribution in [-0.4, -0.2) is 11.9 Å². The topological polar surface area (TPSA) is 51.2 Å². The van der Waals surface area contributed by atoms with Gasteiger partial charge in [-0.05, 0) is 11.5 Å². The largest absolute Gasteiger partial charge is 0.287 e. The van der Waals surface area contributed by atoms with E-state index in [0.717, 1.165) is 0 Å². The van der Waals surface area contributed by atoms with Gasteiger partial charge in [0.15, 0.2) is 11.9 Å². The predicted octanol–water partition coefficient (Wildman–Crippen LogP) is -2.54. The fraction of sp³-hybridized carbons (Fsp3) is 0. The first-order chi connectivity index (χ1) is 4.81. The van der Waals surface area contributed by atoms with Crippen LogP contribution in [0.2, 0.25) is 0 Å². The lowest BCUT2D eigenvalue weighted by Gasteiger charge is -1.32. The van der Waals surface area contributed by atoms with Crippen molar-refractivity contribution in [2.24, 2.45) is 0 Å². The fourth-order valence-corrected chi connectivity index (χ4v) is 0.511. The summed E-state index contributed by atoms with van der Waals surface area (Å²) in [7, 11) is 0. The van der Waals surface area contributed by atoms with Gasteiger partial charge in [-0.15, -0.1) is 0 Å². The lowest BCUT2D eigenvalue weighted by atomic mass is 10.7. The van der Waals surface area contributed by atoms with Crippen LogP contribution in [0.5, 0.6) is 0 Å². The fourth-order valence-electron chi connectivity index (χ4n) is 0.511. The number of rotatable bonds is 0. The highest BCUT2D eigenvalue weighted by Crippen LogP contribution is 1.40. The van der Waals surface area contributed by atoms with E-state index in [0.29, 0.717) is 0 Å². The zero-order valence-corrected chi connectivity index (χ0v) is 4.72. The van der Waals surface area contributed by atoms with Crippen LogP contribution in [-0.2, 0) is 9.59 Å². The van der Waals surface area contributed by atoms with Crippen molar-refractivity contribution in [2.75, 3.05) is 0 Å². The monoisotopic (exact) mass is 132 g/mol. The summed E-state index contributed by atoms with van der Waals surface area (Å²) in [5.74, 6) is 2.60. The summed E-state index contributed by atoms with van der Waals surface area (Å²) in [5, 5.41) is 0.164. The molecular weight excluding hydrogens is 132 g/mol. The van der Waals surface area contributed by atoms with E-state index in [2.05, 4.69) is 0 Å². The molecule has 0 aliphatic rings. The first kappa shape index (κ1) is 6.25. The average Bonchev–Trinajstić information content (AvgIpc) is 2.48. The molecule has 0 bridgehead atoms. The summed E-state index contributed by atoms with van der Waals surface area (Å²) >= 11 is 0. The molecule has 0 aromatic heterocycles. The number of carbonyl (C=O) groups excluding carboxylic acids is 2. The predicted molar refractivity (Wildman–Crippen MR) is 32.5 cm³/mol. The minimum Gasteiger partial charge on any atom is -0.287 e. The molecule has 1 aromatic carbocycles. The second-order valence-corrected chi connectivity index (χ2v) is 1.53. The van der Waals surface area contributed by atoms with Gasteiger partial charge in [0, 0.05) is 0 Å². The van der Waals surface area contributed by atoms with Crippen LogP contribution in [0.4, 0.5) is 0 Å². The van der Waals surface area contributed by atoms with Gasteiger partial charge in [0.2, 0.25) is 5.43 Å². The van der Waals surface area contributed by atoms with Gasteiger partial charge >= 0.3 is 0 Å². The molecule has 46 valence electrons. The minimum atomic E-state index is -0.383. The Labute approximate surface area is 54.6 Å². The van der Waals surface area contributed by atoms with Crippen molar-refractivity contribution in [1.82, 2.24) is 0 Å². The van der Waals surface area contributed by atoms with E-state index in [1.807, 2.05) is 11.5 Å². The van der Waals surface area contributed by atoms with E-state index < -0.39 is 0 Å². The molecule has 0 radical (unpaired) electrons. The summed E-state index contributed by atoms with van der Waals surface area (Å²) in [5.41, 5.74) is 3.59. The van der Waals surface area contributed by atoms with Gasteiger partial charge in [-0.1, -0.05) is 0 Å². The maximum Gasteiger partial charge on any atom is 0.212 e. The van der Waals surface area contributed by atoms with E-state index in [4.69, 9.17) is 0 Å². The zero-order valence-electron chi connectivity index (χ0n) is 4.72. The smallest absolute Gasteiger partial charge is 0.212 e. The van der Waals surface area contributed by atoms with Gasteiger partial charge in [-0.3, -0.25) is 4.79 Å². The summed E-state index contributed by atoms with van der Waals surface area (Å²) in [6.45, 7) is 0. The molecule has 3 nitrogen and oxygen atoms in total. The van der Waals surface area contributed by atoms with E-state index in [1.165, 1.54) is 11.9 Å². The van der Waals surface area contributed by atoms with Crippen molar-refractivity contribution in [2.45, 2.75) is 0 Å². The summed E-state index contributed by atoms with van der Waals surface area (Å²) in [6, 6.07) is 0. The van der Waals surface area contributed by atoms with Crippen molar-refractivity contribution in [1.29, 1.82) is 0 Å². The van der Waals surface area contributed by atoms with Gasteiger partial charge in [0.05, 0.1) is 10.4 Å². The molecule has 1 rings (SSSR count). The molecule has 0 heterocycles. The SMILES string of the molecule is O=C=C=c1c(=O)c1=C=C=O.